The summed E-state index contributed by atoms with van der Waals surface area (Å²) in [6.07, 6.45) is 0.730. The summed E-state index contributed by atoms with van der Waals surface area (Å²) < 4.78 is 6.50. The van der Waals surface area contributed by atoms with Gasteiger partial charge in [-0.2, -0.15) is 0 Å². The Balaban J connectivity index is 3.32. The number of nitrogens with zero attached hydrogens (tertiary/aromatic N) is 2. The van der Waals surface area contributed by atoms with Gasteiger partial charge in [0, 0.05) is 14.2 Å². The highest BCUT2D eigenvalue weighted by Gasteiger charge is 2.29. The first-order chi connectivity index (χ1) is 8.35. The van der Waals surface area contributed by atoms with E-state index in [9.17, 15) is 0 Å². The normalized spacial score (nSPS) is 13.5. The summed E-state index contributed by atoms with van der Waals surface area (Å²) >= 11 is 3.53. The maximum atomic E-state index is 5.57. The van der Waals surface area contributed by atoms with E-state index in [0.717, 1.165) is 28.2 Å². The molecule has 0 spiro atoms. The van der Waals surface area contributed by atoms with E-state index >= 15 is 0 Å². The van der Waals surface area contributed by atoms with Crippen molar-refractivity contribution in [3.63, 3.8) is 0 Å². The molecule has 4 nitrogen and oxygen atoms in total. The van der Waals surface area contributed by atoms with E-state index in [0.29, 0.717) is 0 Å². The number of halogens is 1. The van der Waals surface area contributed by atoms with Crippen molar-refractivity contribution in [2.24, 2.45) is 5.41 Å². The number of ether oxygens (including phenoxy) is 1. The van der Waals surface area contributed by atoms with Gasteiger partial charge in [-0.25, -0.2) is 9.97 Å². The van der Waals surface area contributed by atoms with Crippen molar-refractivity contribution in [1.82, 2.24) is 9.97 Å². The largest absolute Gasteiger partial charge is 0.373 e. The Morgan fingerprint density at radius 1 is 1.33 bits per heavy atom. The lowest BCUT2D eigenvalue weighted by Gasteiger charge is -2.28. The highest BCUT2D eigenvalue weighted by Crippen LogP contribution is 2.35. The Morgan fingerprint density at radius 3 is 2.33 bits per heavy atom. The molecule has 0 radical (unpaired) electrons. The zero-order valence-electron chi connectivity index (χ0n) is 12.0. The van der Waals surface area contributed by atoms with Gasteiger partial charge in [-0.05, 0) is 27.8 Å². The van der Waals surface area contributed by atoms with Gasteiger partial charge in [0.05, 0.1) is 10.2 Å². The van der Waals surface area contributed by atoms with Crippen molar-refractivity contribution in [3.8, 4) is 0 Å². The first-order valence-electron chi connectivity index (χ1n) is 6.12. The van der Waals surface area contributed by atoms with E-state index in [4.69, 9.17) is 4.74 Å². The van der Waals surface area contributed by atoms with Gasteiger partial charge >= 0.3 is 0 Å². The van der Waals surface area contributed by atoms with Crippen LogP contribution in [0.1, 0.15) is 45.3 Å². The molecule has 1 heterocycles. The van der Waals surface area contributed by atoms with Gasteiger partial charge in [0.2, 0.25) is 0 Å². The van der Waals surface area contributed by atoms with Gasteiger partial charge < -0.3 is 10.1 Å². The fourth-order valence-corrected chi connectivity index (χ4v) is 2.53. The summed E-state index contributed by atoms with van der Waals surface area (Å²) in [6, 6.07) is 0. The molecule has 0 aliphatic rings. The Hall–Kier alpha value is -0.680. The number of rotatable bonds is 4. The molecule has 0 amide bonds. The van der Waals surface area contributed by atoms with E-state index in [1.807, 2.05) is 7.05 Å². The van der Waals surface area contributed by atoms with Crippen molar-refractivity contribution in [2.75, 3.05) is 19.5 Å². The molecular formula is C13H22BrN3O. The minimum Gasteiger partial charge on any atom is -0.373 e. The molecule has 0 saturated heterocycles. The number of anilines is 1. The van der Waals surface area contributed by atoms with Crippen LogP contribution in [-0.2, 0) is 11.2 Å². The Labute approximate surface area is 118 Å². The fourth-order valence-electron chi connectivity index (χ4n) is 1.88. The number of aromatic nitrogens is 2. The van der Waals surface area contributed by atoms with Crippen LogP contribution in [0.2, 0.25) is 0 Å². The molecule has 18 heavy (non-hydrogen) atoms. The lowest BCUT2D eigenvalue weighted by molar-refractivity contribution is 0.00859. The molecule has 0 aromatic carbocycles. The van der Waals surface area contributed by atoms with E-state index in [1.54, 1.807) is 7.11 Å². The van der Waals surface area contributed by atoms with Crippen LogP contribution in [0.25, 0.3) is 0 Å². The van der Waals surface area contributed by atoms with Crippen LogP contribution in [0.4, 0.5) is 5.82 Å². The Morgan fingerprint density at radius 2 is 1.94 bits per heavy atom. The number of hydrogen-bond donors (Lipinski definition) is 1. The van der Waals surface area contributed by atoms with Crippen LogP contribution < -0.4 is 5.32 Å². The predicted octanol–water partition coefficient (Wildman–Crippen LogP) is 3.58. The van der Waals surface area contributed by atoms with E-state index in [1.165, 1.54) is 0 Å². The van der Waals surface area contributed by atoms with Crippen molar-refractivity contribution in [2.45, 2.75) is 40.2 Å². The summed E-state index contributed by atoms with van der Waals surface area (Å²) in [5.74, 6) is 1.54. The van der Waals surface area contributed by atoms with Gasteiger partial charge in [0.1, 0.15) is 11.9 Å². The number of hydrogen-bond acceptors (Lipinski definition) is 4. The van der Waals surface area contributed by atoms with E-state index < -0.39 is 0 Å². The maximum Gasteiger partial charge on any atom is 0.160 e. The van der Waals surface area contributed by atoms with Crippen LogP contribution in [0.3, 0.4) is 0 Å². The van der Waals surface area contributed by atoms with E-state index in [-0.39, 0.29) is 11.5 Å². The summed E-state index contributed by atoms with van der Waals surface area (Å²) in [5.41, 5.74) is 0.953. The third-order valence-corrected chi connectivity index (χ3v) is 3.60. The van der Waals surface area contributed by atoms with Crippen LogP contribution in [0, 0.1) is 5.41 Å². The molecule has 102 valence electrons. The molecule has 1 unspecified atom stereocenters. The average molecular weight is 316 g/mol. The molecule has 5 heteroatoms. The molecule has 1 aromatic rings. The molecule has 1 N–H and O–H groups in total. The molecule has 1 rings (SSSR count). The van der Waals surface area contributed by atoms with Gasteiger partial charge in [-0.3, -0.25) is 0 Å². The molecular weight excluding hydrogens is 294 g/mol. The minimum absolute atomic E-state index is 0.0431. The quantitative estimate of drug-likeness (QED) is 0.922. The standard InChI is InChI=1S/C13H22BrN3O/c1-7-8-9(14)11(15-5)17-12(16-8)10(18-6)13(2,3)4/h10H,7H2,1-6H3,(H,15,16,17). The van der Waals surface area contributed by atoms with Crippen molar-refractivity contribution < 1.29 is 4.74 Å². The SMILES string of the molecule is CCc1nc(C(OC)C(C)(C)C)nc(NC)c1Br. The first-order valence-corrected chi connectivity index (χ1v) is 6.91. The zero-order valence-corrected chi connectivity index (χ0v) is 13.6. The number of nitrogens with one attached hydrogen (secondary N) is 1. The van der Waals surface area contributed by atoms with Gasteiger partial charge in [0.25, 0.3) is 0 Å². The van der Waals surface area contributed by atoms with Crippen LogP contribution in [0.5, 0.6) is 0 Å². The fraction of sp³-hybridized carbons (Fsp3) is 0.692. The first kappa shape index (κ1) is 15.4. The molecule has 0 aliphatic heterocycles. The van der Waals surface area contributed by atoms with Crippen molar-refractivity contribution in [3.05, 3.63) is 16.0 Å². The summed E-state index contributed by atoms with van der Waals surface area (Å²) in [6.45, 7) is 8.45. The van der Waals surface area contributed by atoms with Crippen molar-refractivity contribution in [1.29, 1.82) is 0 Å². The van der Waals surface area contributed by atoms with Crippen molar-refractivity contribution >= 4 is 21.7 Å². The monoisotopic (exact) mass is 315 g/mol. The maximum absolute atomic E-state index is 5.57. The second kappa shape index (κ2) is 5.97. The average Bonchev–Trinajstić information content (AvgIpc) is 2.29. The lowest BCUT2D eigenvalue weighted by Crippen LogP contribution is -2.23. The topological polar surface area (TPSA) is 47.0 Å². The summed E-state index contributed by atoms with van der Waals surface area (Å²) in [5, 5.41) is 3.09. The van der Waals surface area contributed by atoms with Crippen LogP contribution in [0.15, 0.2) is 4.47 Å². The number of aryl methyl sites for hydroxylation is 1. The predicted molar refractivity (Wildman–Crippen MR) is 77.9 cm³/mol. The number of methoxy groups -OCH3 is 1. The van der Waals surface area contributed by atoms with Gasteiger partial charge in [-0.15, -0.1) is 0 Å². The molecule has 0 aliphatic carbocycles. The summed E-state index contributed by atoms with van der Waals surface area (Å²) in [7, 11) is 3.56. The minimum atomic E-state index is -0.122. The highest BCUT2D eigenvalue weighted by molar-refractivity contribution is 9.10. The Kier molecular flexibility index (Phi) is 5.10. The molecule has 0 saturated carbocycles. The van der Waals surface area contributed by atoms with Crippen LogP contribution >= 0.6 is 15.9 Å². The lowest BCUT2D eigenvalue weighted by atomic mass is 9.88. The Bertz CT molecular complexity index is 390. The summed E-state index contributed by atoms with van der Waals surface area (Å²) in [4.78, 5) is 9.16. The third-order valence-electron chi connectivity index (χ3n) is 2.77. The smallest absolute Gasteiger partial charge is 0.160 e. The van der Waals surface area contributed by atoms with E-state index in [2.05, 4.69) is 58.9 Å². The van der Waals surface area contributed by atoms with Crippen LogP contribution in [-0.4, -0.2) is 24.1 Å². The molecule has 0 fully saturated rings. The second-order valence-electron chi connectivity index (χ2n) is 5.28. The molecule has 0 bridgehead atoms. The second-order valence-corrected chi connectivity index (χ2v) is 6.07. The third kappa shape index (κ3) is 3.20. The highest BCUT2D eigenvalue weighted by atomic mass is 79.9. The zero-order chi connectivity index (χ0) is 13.9. The van der Waals surface area contributed by atoms with Gasteiger partial charge in [-0.1, -0.05) is 27.7 Å². The molecule has 1 aromatic heterocycles. The molecule has 1 atom stereocenters. The van der Waals surface area contributed by atoms with Gasteiger partial charge in [0.15, 0.2) is 5.82 Å².